The molecule has 2 heterocycles. The number of rotatable bonds is 4. The second-order valence-corrected chi connectivity index (χ2v) is 5.51. The summed E-state index contributed by atoms with van der Waals surface area (Å²) in [6, 6.07) is 13.3. The summed E-state index contributed by atoms with van der Waals surface area (Å²) in [6.07, 6.45) is 1.12. The monoisotopic (exact) mass is 270 g/mol. The minimum atomic E-state index is 0.509. The third-order valence-electron chi connectivity index (χ3n) is 4.06. The predicted octanol–water partition coefficient (Wildman–Crippen LogP) is 2.97. The second-order valence-electron chi connectivity index (χ2n) is 5.51. The fourth-order valence-corrected chi connectivity index (χ4v) is 2.93. The predicted molar refractivity (Wildman–Crippen MR) is 81.3 cm³/mol. The van der Waals surface area contributed by atoms with E-state index in [2.05, 4.69) is 60.1 Å². The van der Waals surface area contributed by atoms with E-state index in [0.717, 1.165) is 26.2 Å². The quantitative estimate of drug-likeness (QED) is 0.924. The van der Waals surface area contributed by atoms with Crippen molar-refractivity contribution < 1.29 is 4.74 Å². The maximum Gasteiger partial charge on any atom is 0.0620 e. The Morgan fingerprint density at radius 2 is 2.05 bits per heavy atom. The molecule has 1 aliphatic heterocycles. The second kappa shape index (κ2) is 5.81. The van der Waals surface area contributed by atoms with Gasteiger partial charge in [0, 0.05) is 36.3 Å². The summed E-state index contributed by atoms with van der Waals surface area (Å²) in [5, 5.41) is 3.59. The Hall–Kier alpha value is -1.58. The smallest absolute Gasteiger partial charge is 0.0620 e. The summed E-state index contributed by atoms with van der Waals surface area (Å²) in [7, 11) is 0. The van der Waals surface area contributed by atoms with Crippen LogP contribution in [0.1, 0.15) is 23.4 Å². The van der Waals surface area contributed by atoms with E-state index in [-0.39, 0.29) is 0 Å². The van der Waals surface area contributed by atoms with Crippen LogP contribution in [0.3, 0.4) is 0 Å². The molecule has 0 amide bonds. The molecule has 1 aromatic heterocycles. The standard InChI is InChI=1S/C17H22N2O/c1-13-10-15(11-18-16-8-9-20-12-16)14(2)19(13)17-6-4-3-5-7-17/h3-7,10,16,18H,8-9,11-12H2,1-2H3. The third-order valence-corrected chi connectivity index (χ3v) is 4.06. The Labute approximate surface area is 120 Å². The van der Waals surface area contributed by atoms with Crippen LogP contribution in [0.4, 0.5) is 0 Å². The van der Waals surface area contributed by atoms with Crippen LogP contribution in [0.15, 0.2) is 36.4 Å². The molecule has 1 fully saturated rings. The molecule has 1 N–H and O–H groups in total. The molecule has 1 unspecified atom stereocenters. The molecule has 1 aliphatic rings. The molecule has 0 saturated carbocycles. The first-order valence-corrected chi connectivity index (χ1v) is 7.30. The van der Waals surface area contributed by atoms with E-state index in [4.69, 9.17) is 4.74 Å². The number of benzene rings is 1. The molecule has 3 rings (SSSR count). The van der Waals surface area contributed by atoms with Crippen LogP contribution in [0, 0.1) is 13.8 Å². The highest BCUT2D eigenvalue weighted by molar-refractivity contribution is 5.40. The molecule has 1 atom stereocenters. The van der Waals surface area contributed by atoms with Gasteiger partial charge in [0.1, 0.15) is 0 Å². The van der Waals surface area contributed by atoms with Crippen LogP contribution in [0.2, 0.25) is 0 Å². The van der Waals surface area contributed by atoms with Gasteiger partial charge < -0.3 is 14.6 Å². The number of nitrogens with one attached hydrogen (secondary N) is 1. The summed E-state index contributed by atoms with van der Waals surface area (Å²) in [4.78, 5) is 0. The van der Waals surface area contributed by atoms with E-state index in [1.165, 1.54) is 22.6 Å². The van der Waals surface area contributed by atoms with Crippen LogP contribution in [0.25, 0.3) is 5.69 Å². The zero-order chi connectivity index (χ0) is 13.9. The highest BCUT2D eigenvalue weighted by atomic mass is 16.5. The van der Waals surface area contributed by atoms with E-state index >= 15 is 0 Å². The molecule has 0 aliphatic carbocycles. The van der Waals surface area contributed by atoms with E-state index in [1.807, 2.05) is 0 Å². The summed E-state index contributed by atoms with van der Waals surface area (Å²) in [6.45, 7) is 7.02. The van der Waals surface area contributed by atoms with Crippen LogP contribution >= 0.6 is 0 Å². The van der Waals surface area contributed by atoms with E-state index in [1.54, 1.807) is 0 Å². The number of hydrogen-bond donors (Lipinski definition) is 1. The van der Waals surface area contributed by atoms with Crippen molar-refractivity contribution in [3.8, 4) is 5.69 Å². The zero-order valence-corrected chi connectivity index (χ0v) is 12.2. The Morgan fingerprint density at radius 1 is 1.25 bits per heavy atom. The Kier molecular flexibility index (Phi) is 3.90. The summed E-state index contributed by atoms with van der Waals surface area (Å²) >= 11 is 0. The van der Waals surface area contributed by atoms with E-state index in [9.17, 15) is 0 Å². The van der Waals surface area contributed by atoms with E-state index in [0.29, 0.717) is 6.04 Å². The summed E-state index contributed by atoms with van der Waals surface area (Å²) in [5.41, 5.74) is 5.21. The van der Waals surface area contributed by atoms with Gasteiger partial charge >= 0.3 is 0 Å². The van der Waals surface area contributed by atoms with Crippen LogP contribution in [-0.4, -0.2) is 23.8 Å². The molecule has 0 radical (unpaired) electrons. The molecule has 0 spiro atoms. The average molecular weight is 270 g/mol. The molecule has 1 saturated heterocycles. The number of nitrogens with zero attached hydrogens (tertiary/aromatic N) is 1. The van der Waals surface area contributed by atoms with Gasteiger partial charge in [0.25, 0.3) is 0 Å². The molecular formula is C17H22N2O. The molecule has 0 bridgehead atoms. The minimum absolute atomic E-state index is 0.509. The highest BCUT2D eigenvalue weighted by Gasteiger charge is 2.16. The SMILES string of the molecule is Cc1cc(CNC2CCOC2)c(C)n1-c1ccccc1. The van der Waals surface area contributed by atoms with Gasteiger partial charge in [0.15, 0.2) is 0 Å². The van der Waals surface area contributed by atoms with Crippen molar-refractivity contribution in [1.82, 2.24) is 9.88 Å². The lowest BCUT2D eigenvalue weighted by molar-refractivity contribution is 0.190. The fourth-order valence-electron chi connectivity index (χ4n) is 2.93. The highest BCUT2D eigenvalue weighted by Crippen LogP contribution is 2.20. The van der Waals surface area contributed by atoms with Gasteiger partial charge in [-0.05, 0) is 44.0 Å². The van der Waals surface area contributed by atoms with Crippen molar-refractivity contribution in [3.63, 3.8) is 0 Å². The molecule has 3 nitrogen and oxygen atoms in total. The molecule has 3 heteroatoms. The van der Waals surface area contributed by atoms with Crippen molar-refractivity contribution >= 4 is 0 Å². The lowest BCUT2D eigenvalue weighted by Crippen LogP contribution is -2.28. The van der Waals surface area contributed by atoms with Crippen LogP contribution in [-0.2, 0) is 11.3 Å². The average Bonchev–Trinajstić information content (AvgIpc) is 3.06. The summed E-state index contributed by atoms with van der Waals surface area (Å²) < 4.78 is 7.73. The van der Waals surface area contributed by atoms with Gasteiger partial charge in [-0.3, -0.25) is 0 Å². The number of aryl methyl sites for hydroxylation is 1. The van der Waals surface area contributed by atoms with Crippen molar-refractivity contribution in [1.29, 1.82) is 0 Å². The van der Waals surface area contributed by atoms with Gasteiger partial charge in [0.05, 0.1) is 6.61 Å². The van der Waals surface area contributed by atoms with Crippen molar-refractivity contribution in [3.05, 3.63) is 53.3 Å². The van der Waals surface area contributed by atoms with Gasteiger partial charge in [-0.25, -0.2) is 0 Å². The van der Waals surface area contributed by atoms with Crippen molar-refractivity contribution in [2.75, 3.05) is 13.2 Å². The molecule has 106 valence electrons. The largest absolute Gasteiger partial charge is 0.380 e. The zero-order valence-electron chi connectivity index (χ0n) is 12.2. The first kappa shape index (κ1) is 13.4. The maximum atomic E-state index is 5.41. The molecule has 2 aromatic rings. The Morgan fingerprint density at radius 3 is 2.75 bits per heavy atom. The minimum Gasteiger partial charge on any atom is -0.380 e. The third kappa shape index (κ3) is 2.65. The number of para-hydroxylation sites is 1. The lowest BCUT2D eigenvalue weighted by atomic mass is 10.2. The van der Waals surface area contributed by atoms with Crippen molar-refractivity contribution in [2.24, 2.45) is 0 Å². The maximum absolute atomic E-state index is 5.41. The van der Waals surface area contributed by atoms with Crippen LogP contribution < -0.4 is 5.32 Å². The fraction of sp³-hybridized carbons (Fsp3) is 0.412. The van der Waals surface area contributed by atoms with Gasteiger partial charge in [-0.2, -0.15) is 0 Å². The molecule has 1 aromatic carbocycles. The first-order chi connectivity index (χ1) is 9.75. The van der Waals surface area contributed by atoms with Gasteiger partial charge in [-0.1, -0.05) is 18.2 Å². The molecule has 20 heavy (non-hydrogen) atoms. The topological polar surface area (TPSA) is 26.2 Å². The van der Waals surface area contributed by atoms with E-state index < -0.39 is 0 Å². The summed E-state index contributed by atoms with van der Waals surface area (Å²) in [5.74, 6) is 0. The van der Waals surface area contributed by atoms with Crippen molar-refractivity contribution in [2.45, 2.75) is 32.9 Å². The number of aromatic nitrogens is 1. The number of hydrogen-bond acceptors (Lipinski definition) is 2. The first-order valence-electron chi connectivity index (χ1n) is 7.30. The Bertz CT molecular complexity index is 568. The lowest BCUT2D eigenvalue weighted by Gasteiger charge is -2.12. The van der Waals surface area contributed by atoms with Crippen LogP contribution in [0.5, 0.6) is 0 Å². The normalized spacial score (nSPS) is 18.6. The Balaban J connectivity index is 1.79. The van der Waals surface area contributed by atoms with Gasteiger partial charge in [-0.15, -0.1) is 0 Å². The van der Waals surface area contributed by atoms with Gasteiger partial charge in [0.2, 0.25) is 0 Å². The number of ether oxygens (including phenoxy) is 1. The molecular weight excluding hydrogens is 248 g/mol.